The van der Waals surface area contributed by atoms with Crippen LogP contribution in [0.3, 0.4) is 0 Å². The lowest BCUT2D eigenvalue weighted by Gasteiger charge is -2.14. The van der Waals surface area contributed by atoms with E-state index in [0.29, 0.717) is 0 Å². The van der Waals surface area contributed by atoms with Gasteiger partial charge >= 0.3 is 0 Å². The molecule has 1 heterocycles. The molecule has 0 amide bonds. The summed E-state index contributed by atoms with van der Waals surface area (Å²) in [6, 6.07) is 6.17. The van der Waals surface area contributed by atoms with E-state index in [4.69, 9.17) is 4.74 Å². The molecule has 0 unspecified atom stereocenters. The number of benzene rings is 1. The largest absolute Gasteiger partial charge is 0.493 e. The fourth-order valence-corrected chi connectivity index (χ4v) is 2.88. The topological polar surface area (TPSA) is 12.5 Å². The fraction of sp³-hybridized carbons (Fsp3) is 0.600. The van der Waals surface area contributed by atoms with Crippen LogP contribution in [-0.4, -0.2) is 31.1 Å². The van der Waals surface area contributed by atoms with Gasteiger partial charge in [-0.05, 0) is 76.0 Å². The number of unbranched alkanes of at least 4 members (excludes halogenated alkanes) is 1. The molecule has 1 aromatic rings. The molecule has 0 N–H and O–H groups in total. The van der Waals surface area contributed by atoms with Crippen molar-refractivity contribution in [1.29, 1.82) is 0 Å². The molecular weight excluding hydrogens is 290 g/mol. The van der Waals surface area contributed by atoms with Crippen LogP contribution < -0.4 is 4.74 Å². The van der Waals surface area contributed by atoms with Crippen molar-refractivity contribution in [3.8, 4) is 5.75 Å². The highest BCUT2D eigenvalue weighted by Gasteiger charge is 2.10. The zero-order valence-electron chi connectivity index (χ0n) is 11.1. The first-order chi connectivity index (χ1) is 8.75. The van der Waals surface area contributed by atoms with Crippen LogP contribution in [0.15, 0.2) is 22.7 Å². The Labute approximate surface area is 118 Å². The quantitative estimate of drug-likeness (QED) is 0.736. The molecule has 1 fully saturated rings. The van der Waals surface area contributed by atoms with Gasteiger partial charge in [-0.2, -0.15) is 0 Å². The van der Waals surface area contributed by atoms with Crippen molar-refractivity contribution in [2.45, 2.75) is 32.6 Å². The number of ether oxygens (including phenoxy) is 1. The summed E-state index contributed by atoms with van der Waals surface area (Å²) < 4.78 is 6.93. The lowest BCUT2D eigenvalue weighted by atomic mass is 10.2. The van der Waals surface area contributed by atoms with Gasteiger partial charge < -0.3 is 9.64 Å². The molecule has 0 bridgehead atoms. The van der Waals surface area contributed by atoms with E-state index >= 15 is 0 Å². The molecule has 2 nitrogen and oxygen atoms in total. The van der Waals surface area contributed by atoms with Crippen LogP contribution in [0.4, 0.5) is 0 Å². The van der Waals surface area contributed by atoms with E-state index < -0.39 is 0 Å². The van der Waals surface area contributed by atoms with Crippen LogP contribution in [0.25, 0.3) is 0 Å². The Bertz CT molecular complexity index is 375. The Morgan fingerprint density at radius 2 is 2.00 bits per heavy atom. The van der Waals surface area contributed by atoms with E-state index in [9.17, 15) is 0 Å². The molecule has 3 heteroatoms. The highest BCUT2D eigenvalue weighted by molar-refractivity contribution is 9.10. The molecule has 1 aromatic carbocycles. The maximum atomic E-state index is 5.82. The monoisotopic (exact) mass is 311 g/mol. The molecule has 0 aromatic heterocycles. The summed E-state index contributed by atoms with van der Waals surface area (Å²) in [5.74, 6) is 1.01. The minimum Gasteiger partial charge on any atom is -0.493 e. The lowest BCUT2D eigenvalue weighted by molar-refractivity contribution is 0.278. The number of halogens is 1. The van der Waals surface area contributed by atoms with Crippen molar-refractivity contribution in [2.75, 3.05) is 26.2 Å². The molecule has 1 aliphatic heterocycles. The molecular formula is C15H22BrNO. The van der Waals surface area contributed by atoms with Gasteiger partial charge in [-0.15, -0.1) is 0 Å². The van der Waals surface area contributed by atoms with Crippen molar-refractivity contribution in [3.05, 3.63) is 28.2 Å². The summed E-state index contributed by atoms with van der Waals surface area (Å²) in [7, 11) is 0. The van der Waals surface area contributed by atoms with Gasteiger partial charge in [0.25, 0.3) is 0 Å². The maximum Gasteiger partial charge on any atom is 0.122 e. The van der Waals surface area contributed by atoms with Crippen LogP contribution in [0.1, 0.15) is 31.2 Å². The van der Waals surface area contributed by atoms with Gasteiger partial charge in [0, 0.05) is 4.47 Å². The SMILES string of the molecule is Cc1cc(Br)ccc1OCCCCN1CCCC1. The standard InChI is InChI=1S/C15H22BrNO/c1-13-12-14(16)6-7-15(13)18-11-5-4-10-17-8-2-3-9-17/h6-7,12H,2-5,8-11H2,1H3. The van der Waals surface area contributed by atoms with Crippen LogP contribution in [0.5, 0.6) is 5.75 Å². The Hall–Kier alpha value is -0.540. The molecule has 0 spiro atoms. The lowest BCUT2D eigenvalue weighted by Crippen LogP contribution is -2.20. The zero-order valence-corrected chi connectivity index (χ0v) is 12.7. The number of hydrogen-bond acceptors (Lipinski definition) is 2. The van der Waals surface area contributed by atoms with Crippen molar-refractivity contribution < 1.29 is 4.74 Å². The van der Waals surface area contributed by atoms with Crippen LogP contribution in [0, 0.1) is 6.92 Å². The molecule has 1 aliphatic rings. The summed E-state index contributed by atoms with van der Waals surface area (Å²) in [4.78, 5) is 2.56. The van der Waals surface area contributed by atoms with Gasteiger partial charge in [0.1, 0.15) is 5.75 Å². The summed E-state index contributed by atoms with van der Waals surface area (Å²) in [6.45, 7) is 6.75. The number of likely N-dealkylation sites (tertiary alicyclic amines) is 1. The van der Waals surface area contributed by atoms with Crippen LogP contribution in [0.2, 0.25) is 0 Å². The molecule has 2 rings (SSSR count). The van der Waals surface area contributed by atoms with Crippen molar-refractivity contribution in [1.82, 2.24) is 4.90 Å². The molecule has 18 heavy (non-hydrogen) atoms. The second kappa shape index (κ2) is 7.15. The van der Waals surface area contributed by atoms with E-state index in [0.717, 1.165) is 23.2 Å². The number of aryl methyl sites for hydroxylation is 1. The highest BCUT2D eigenvalue weighted by atomic mass is 79.9. The third-order valence-electron chi connectivity index (χ3n) is 3.46. The minimum atomic E-state index is 0.830. The second-order valence-corrected chi connectivity index (χ2v) is 5.93. The summed E-state index contributed by atoms with van der Waals surface area (Å²) >= 11 is 3.47. The molecule has 0 saturated carbocycles. The van der Waals surface area contributed by atoms with Crippen molar-refractivity contribution in [2.24, 2.45) is 0 Å². The Morgan fingerprint density at radius 3 is 2.72 bits per heavy atom. The number of rotatable bonds is 6. The van der Waals surface area contributed by atoms with Gasteiger partial charge in [0.2, 0.25) is 0 Å². The Kier molecular flexibility index (Phi) is 5.51. The average molecular weight is 312 g/mol. The maximum absolute atomic E-state index is 5.82. The van der Waals surface area contributed by atoms with E-state index in [2.05, 4.69) is 33.8 Å². The van der Waals surface area contributed by atoms with Crippen molar-refractivity contribution in [3.63, 3.8) is 0 Å². The molecule has 100 valence electrons. The predicted molar refractivity (Wildman–Crippen MR) is 79.3 cm³/mol. The first-order valence-electron chi connectivity index (χ1n) is 6.87. The predicted octanol–water partition coefficient (Wildman–Crippen LogP) is 4.01. The van der Waals surface area contributed by atoms with Crippen LogP contribution in [-0.2, 0) is 0 Å². The van der Waals surface area contributed by atoms with Gasteiger partial charge in [-0.1, -0.05) is 15.9 Å². The third kappa shape index (κ3) is 4.29. The molecule has 0 aliphatic carbocycles. The summed E-state index contributed by atoms with van der Waals surface area (Å²) in [6.07, 6.45) is 5.16. The van der Waals surface area contributed by atoms with Gasteiger partial charge in [0.05, 0.1) is 6.61 Å². The molecule has 1 saturated heterocycles. The number of hydrogen-bond donors (Lipinski definition) is 0. The highest BCUT2D eigenvalue weighted by Crippen LogP contribution is 2.22. The van der Waals surface area contributed by atoms with Gasteiger partial charge in [0.15, 0.2) is 0 Å². The number of nitrogens with zero attached hydrogens (tertiary/aromatic N) is 1. The average Bonchev–Trinajstić information content (AvgIpc) is 2.84. The molecule has 0 radical (unpaired) electrons. The van der Waals surface area contributed by atoms with E-state index in [-0.39, 0.29) is 0 Å². The summed E-state index contributed by atoms with van der Waals surface area (Å²) in [5.41, 5.74) is 1.20. The van der Waals surface area contributed by atoms with E-state index in [1.165, 1.54) is 44.5 Å². The molecule has 0 atom stereocenters. The van der Waals surface area contributed by atoms with Gasteiger partial charge in [-0.25, -0.2) is 0 Å². The Morgan fingerprint density at radius 1 is 1.22 bits per heavy atom. The van der Waals surface area contributed by atoms with E-state index in [1.54, 1.807) is 0 Å². The van der Waals surface area contributed by atoms with Gasteiger partial charge in [-0.3, -0.25) is 0 Å². The third-order valence-corrected chi connectivity index (χ3v) is 3.96. The summed E-state index contributed by atoms with van der Waals surface area (Å²) in [5, 5.41) is 0. The Balaban J connectivity index is 1.62. The zero-order chi connectivity index (χ0) is 12.8. The fourth-order valence-electron chi connectivity index (χ4n) is 2.40. The van der Waals surface area contributed by atoms with Crippen molar-refractivity contribution >= 4 is 15.9 Å². The minimum absolute atomic E-state index is 0.830. The van der Waals surface area contributed by atoms with Crippen LogP contribution >= 0.6 is 15.9 Å². The first-order valence-corrected chi connectivity index (χ1v) is 7.66. The normalized spacial score (nSPS) is 16.1. The first kappa shape index (κ1) is 13.9. The smallest absolute Gasteiger partial charge is 0.122 e. The second-order valence-electron chi connectivity index (χ2n) is 5.01. The van der Waals surface area contributed by atoms with E-state index in [1.807, 2.05) is 12.1 Å².